The lowest BCUT2D eigenvalue weighted by Gasteiger charge is -2.27. The Balaban J connectivity index is 0.00000264. The third-order valence-electron chi connectivity index (χ3n) is 4.47. The fourth-order valence-electron chi connectivity index (χ4n) is 3.07. The predicted octanol–water partition coefficient (Wildman–Crippen LogP) is 2.87. The van der Waals surface area contributed by atoms with Crippen molar-refractivity contribution in [2.75, 3.05) is 33.2 Å². The second-order valence-electron chi connectivity index (χ2n) is 5.76. The number of nitrogens with one attached hydrogen (secondary N) is 1. The van der Waals surface area contributed by atoms with E-state index in [1.807, 2.05) is 7.05 Å². The number of hydrogen-bond acceptors (Lipinski definition) is 4. The summed E-state index contributed by atoms with van der Waals surface area (Å²) in [6, 6.07) is 0.651. The van der Waals surface area contributed by atoms with E-state index in [1.165, 1.54) is 11.3 Å². The fraction of sp³-hybridized carbons (Fsp3) is 0.750. The van der Waals surface area contributed by atoms with E-state index >= 15 is 0 Å². The molecule has 1 unspecified atom stereocenters. The molecule has 1 fully saturated rings. The minimum Gasteiger partial charge on any atom is -0.350 e. The highest BCUT2D eigenvalue weighted by molar-refractivity contribution is 14.0. The topological polar surface area (TPSA) is 43.8 Å². The van der Waals surface area contributed by atoms with Crippen LogP contribution in [-0.2, 0) is 6.54 Å². The molecule has 1 saturated heterocycles. The molecule has 0 aliphatic carbocycles. The second-order valence-corrected chi connectivity index (χ2v) is 7.05. The molecular formula is C16H30IN5S. The monoisotopic (exact) mass is 451 g/mol. The first-order chi connectivity index (χ1) is 10.6. The highest BCUT2D eigenvalue weighted by atomic mass is 127. The quantitative estimate of drug-likeness (QED) is 0.425. The van der Waals surface area contributed by atoms with Crippen LogP contribution in [-0.4, -0.2) is 60.0 Å². The van der Waals surface area contributed by atoms with Crippen LogP contribution in [0, 0.1) is 13.8 Å². The number of aliphatic imine (C=N–C) groups is 1. The Hall–Kier alpha value is -0.410. The van der Waals surface area contributed by atoms with Crippen molar-refractivity contribution < 1.29 is 0 Å². The predicted molar refractivity (Wildman–Crippen MR) is 110 cm³/mol. The molecule has 0 radical (unpaired) electrons. The maximum Gasteiger partial charge on any atom is 0.194 e. The summed E-state index contributed by atoms with van der Waals surface area (Å²) in [6.45, 7) is 13.8. The van der Waals surface area contributed by atoms with Crippen molar-refractivity contribution in [2.24, 2.45) is 4.99 Å². The number of likely N-dealkylation sites (N-methyl/N-ethyl adjacent to an activating group) is 1. The Morgan fingerprint density at radius 3 is 2.61 bits per heavy atom. The number of rotatable bonds is 5. The third kappa shape index (κ3) is 5.29. The lowest BCUT2D eigenvalue weighted by molar-refractivity contribution is 0.223. The highest BCUT2D eigenvalue weighted by Crippen LogP contribution is 2.17. The van der Waals surface area contributed by atoms with Crippen molar-refractivity contribution >= 4 is 41.3 Å². The van der Waals surface area contributed by atoms with Gasteiger partial charge in [-0.05, 0) is 33.4 Å². The summed E-state index contributed by atoms with van der Waals surface area (Å²) in [7, 11) is 1.87. The van der Waals surface area contributed by atoms with Crippen LogP contribution in [0.15, 0.2) is 4.99 Å². The molecule has 7 heteroatoms. The van der Waals surface area contributed by atoms with Gasteiger partial charge >= 0.3 is 0 Å². The summed E-state index contributed by atoms with van der Waals surface area (Å²) in [6.07, 6.45) is 1.22. The van der Waals surface area contributed by atoms with Gasteiger partial charge in [-0.3, -0.25) is 9.89 Å². The van der Waals surface area contributed by atoms with Crippen molar-refractivity contribution in [1.29, 1.82) is 0 Å². The van der Waals surface area contributed by atoms with Crippen molar-refractivity contribution in [3.05, 3.63) is 15.6 Å². The maximum atomic E-state index is 4.59. The highest BCUT2D eigenvalue weighted by Gasteiger charge is 2.27. The van der Waals surface area contributed by atoms with Crippen LogP contribution in [0.25, 0.3) is 0 Å². The van der Waals surface area contributed by atoms with Crippen LogP contribution in [0.3, 0.4) is 0 Å². The summed E-state index contributed by atoms with van der Waals surface area (Å²) < 4.78 is 0. The van der Waals surface area contributed by atoms with Gasteiger partial charge in [0.05, 0.1) is 12.2 Å². The molecule has 1 aromatic rings. The third-order valence-corrected chi connectivity index (χ3v) is 5.55. The Morgan fingerprint density at radius 1 is 1.39 bits per heavy atom. The number of aromatic nitrogens is 1. The lowest BCUT2D eigenvalue weighted by Crippen LogP contribution is -2.43. The van der Waals surface area contributed by atoms with E-state index in [0.717, 1.165) is 49.4 Å². The maximum absolute atomic E-state index is 4.59. The van der Waals surface area contributed by atoms with Crippen molar-refractivity contribution in [2.45, 2.75) is 46.7 Å². The molecular weight excluding hydrogens is 421 g/mol. The summed E-state index contributed by atoms with van der Waals surface area (Å²) in [5.74, 6) is 1.00. The molecule has 1 atom stereocenters. The largest absolute Gasteiger partial charge is 0.350 e. The van der Waals surface area contributed by atoms with Gasteiger partial charge in [-0.15, -0.1) is 35.3 Å². The average Bonchev–Trinajstić information content (AvgIpc) is 3.10. The number of thiazole rings is 1. The molecule has 1 aliphatic heterocycles. The number of guanidine groups is 1. The summed E-state index contributed by atoms with van der Waals surface area (Å²) in [5, 5.41) is 4.60. The first-order valence-corrected chi connectivity index (χ1v) is 9.03. The van der Waals surface area contributed by atoms with Crippen LogP contribution in [0.2, 0.25) is 0 Å². The SMILES string of the molecule is CCN(CC)C1CCN(C(=NC)NCc2nc(C)c(C)s2)C1.I. The van der Waals surface area contributed by atoms with Crippen molar-refractivity contribution in [3.63, 3.8) is 0 Å². The second kappa shape index (κ2) is 9.78. The number of hydrogen-bond donors (Lipinski definition) is 1. The van der Waals surface area contributed by atoms with E-state index in [2.05, 4.69) is 52.8 Å². The lowest BCUT2D eigenvalue weighted by atomic mass is 10.2. The summed E-state index contributed by atoms with van der Waals surface area (Å²) in [5.41, 5.74) is 1.14. The van der Waals surface area contributed by atoms with Gasteiger partial charge < -0.3 is 10.2 Å². The number of aryl methyl sites for hydroxylation is 2. The number of halogens is 1. The van der Waals surface area contributed by atoms with E-state index in [9.17, 15) is 0 Å². The molecule has 132 valence electrons. The van der Waals surface area contributed by atoms with Gasteiger partial charge in [-0.25, -0.2) is 4.98 Å². The molecule has 2 rings (SSSR count). The first kappa shape index (κ1) is 20.6. The standard InChI is InChI=1S/C16H29N5S.HI/c1-6-20(7-2)14-8-9-21(11-14)16(17-5)18-10-15-19-12(3)13(4)22-15;/h14H,6-11H2,1-5H3,(H,17,18);1H. The Labute approximate surface area is 161 Å². The average molecular weight is 451 g/mol. The normalized spacial score (nSPS) is 18.4. The van der Waals surface area contributed by atoms with Crippen molar-refractivity contribution in [3.8, 4) is 0 Å². The summed E-state index contributed by atoms with van der Waals surface area (Å²) >= 11 is 1.77. The van der Waals surface area contributed by atoms with E-state index in [-0.39, 0.29) is 24.0 Å². The fourth-order valence-corrected chi connectivity index (χ4v) is 3.95. The number of likely N-dealkylation sites (tertiary alicyclic amines) is 1. The molecule has 0 aromatic carbocycles. The molecule has 2 heterocycles. The minimum absolute atomic E-state index is 0. The van der Waals surface area contributed by atoms with E-state index in [4.69, 9.17) is 0 Å². The first-order valence-electron chi connectivity index (χ1n) is 8.21. The van der Waals surface area contributed by atoms with Gasteiger partial charge in [-0.2, -0.15) is 0 Å². The van der Waals surface area contributed by atoms with Gasteiger partial charge in [0.15, 0.2) is 5.96 Å². The number of nitrogens with zero attached hydrogens (tertiary/aromatic N) is 4. The van der Waals surface area contributed by atoms with Crippen LogP contribution < -0.4 is 5.32 Å². The van der Waals surface area contributed by atoms with Crippen LogP contribution in [0.1, 0.15) is 35.8 Å². The van der Waals surface area contributed by atoms with Crippen LogP contribution in [0.4, 0.5) is 0 Å². The van der Waals surface area contributed by atoms with Crippen molar-refractivity contribution in [1.82, 2.24) is 20.1 Å². The van der Waals surface area contributed by atoms with Gasteiger partial charge in [0.25, 0.3) is 0 Å². The molecule has 0 amide bonds. The van der Waals surface area contributed by atoms with Gasteiger partial charge in [0, 0.05) is 31.1 Å². The zero-order valence-electron chi connectivity index (χ0n) is 14.9. The zero-order chi connectivity index (χ0) is 16.1. The smallest absolute Gasteiger partial charge is 0.194 e. The van der Waals surface area contributed by atoms with Gasteiger partial charge in [0.2, 0.25) is 0 Å². The molecule has 1 N–H and O–H groups in total. The Bertz CT molecular complexity index is 493. The van der Waals surface area contributed by atoms with E-state index in [1.54, 1.807) is 11.3 Å². The van der Waals surface area contributed by atoms with E-state index < -0.39 is 0 Å². The van der Waals surface area contributed by atoms with E-state index in [0.29, 0.717) is 6.04 Å². The van der Waals surface area contributed by atoms with Crippen LogP contribution >= 0.6 is 35.3 Å². The molecule has 1 aliphatic rings. The zero-order valence-corrected chi connectivity index (χ0v) is 18.1. The molecule has 0 saturated carbocycles. The Kier molecular flexibility index (Phi) is 8.78. The molecule has 5 nitrogen and oxygen atoms in total. The summed E-state index contributed by atoms with van der Waals surface area (Å²) in [4.78, 5) is 15.3. The molecule has 0 spiro atoms. The van der Waals surface area contributed by atoms with Gasteiger partial charge in [-0.1, -0.05) is 13.8 Å². The van der Waals surface area contributed by atoms with Gasteiger partial charge in [0.1, 0.15) is 5.01 Å². The minimum atomic E-state index is 0. The molecule has 23 heavy (non-hydrogen) atoms. The Morgan fingerprint density at radius 2 is 2.09 bits per heavy atom. The molecule has 0 bridgehead atoms. The van der Waals surface area contributed by atoms with Crippen LogP contribution in [0.5, 0.6) is 0 Å². The molecule has 1 aromatic heterocycles.